The minimum absolute atomic E-state index is 0.0782. The van der Waals surface area contributed by atoms with Crippen molar-refractivity contribution in [3.8, 4) is 0 Å². The minimum Gasteiger partial charge on any atom is -0.465 e. The van der Waals surface area contributed by atoms with Crippen LogP contribution >= 0.6 is 0 Å². The lowest BCUT2D eigenvalue weighted by Gasteiger charge is -2.42. The van der Waals surface area contributed by atoms with Crippen molar-refractivity contribution in [1.82, 2.24) is 5.32 Å². The minimum atomic E-state index is -0.582. The first kappa shape index (κ1) is 14.5. The lowest BCUT2D eigenvalue weighted by molar-refractivity contribution is -0.162. The van der Waals surface area contributed by atoms with E-state index in [1.165, 1.54) is 0 Å². The van der Waals surface area contributed by atoms with Gasteiger partial charge in [-0.15, -0.1) is 0 Å². The van der Waals surface area contributed by atoms with E-state index < -0.39 is 5.54 Å². The first-order valence-electron chi connectivity index (χ1n) is 6.50. The van der Waals surface area contributed by atoms with Gasteiger partial charge in [-0.1, -0.05) is 0 Å². The monoisotopic (exact) mass is 243 g/mol. The molecule has 0 aromatic carbocycles. The average molecular weight is 243 g/mol. The van der Waals surface area contributed by atoms with Crippen LogP contribution in [0.5, 0.6) is 0 Å². The van der Waals surface area contributed by atoms with Gasteiger partial charge >= 0.3 is 5.97 Å². The maximum absolute atomic E-state index is 12.2. The maximum atomic E-state index is 12.2. The van der Waals surface area contributed by atoms with E-state index in [1.807, 2.05) is 34.6 Å². The summed E-state index contributed by atoms with van der Waals surface area (Å²) in [5.41, 5.74) is -0.582. The van der Waals surface area contributed by atoms with Gasteiger partial charge in [0.05, 0.1) is 18.8 Å². The zero-order valence-electron chi connectivity index (χ0n) is 11.6. The lowest BCUT2D eigenvalue weighted by atomic mass is 9.83. The van der Waals surface area contributed by atoms with Gasteiger partial charge in [-0.3, -0.25) is 10.1 Å². The Morgan fingerprint density at radius 3 is 2.35 bits per heavy atom. The largest absolute Gasteiger partial charge is 0.465 e. The van der Waals surface area contributed by atoms with Gasteiger partial charge in [-0.05, 0) is 34.6 Å². The van der Waals surface area contributed by atoms with E-state index in [9.17, 15) is 4.79 Å². The zero-order valence-corrected chi connectivity index (χ0v) is 11.6. The fourth-order valence-corrected chi connectivity index (χ4v) is 2.72. The van der Waals surface area contributed by atoms with Crippen molar-refractivity contribution in [1.29, 1.82) is 0 Å². The Labute approximate surface area is 104 Å². The molecule has 1 N–H and O–H groups in total. The van der Waals surface area contributed by atoms with Gasteiger partial charge in [0.2, 0.25) is 0 Å². The SMILES string of the molecule is CCOC(=O)C1(NC(C)C)CC(C)OC(C)C1. The molecule has 1 saturated heterocycles. The second kappa shape index (κ2) is 5.83. The van der Waals surface area contributed by atoms with Crippen molar-refractivity contribution >= 4 is 5.97 Å². The van der Waals surface area contributed by atoms with Crippen LogP contribution in [0.25, 0.3) is 0 Å². The molecule has 1 heterocycles. The molecule has 1 aliphatic heterocycles. The highest BCUT2D eigenvalue weighted by molar-refractivity contribution is 5.81. The molecule has 4 heteroatoms. The van der Waals surface area contributed by atoms with Crippen molar-refractivity contribution in [2.24, 2.45) is 0 Å². The first-order chi connectivity index (χ1) is 7.89. The number of nitrogens with one attached hydrogen (secondary N) is 1. The highest BCUT2D eigenvalue weighted by Gasteiger charge is 2.46. The number of carbonyl (C=O) groups excluding carboxylic acids is 1. The lowest BCUT2D eigenvalue weighted by Crippen LogP contribution is -2.61. The Morgan fingerprint density at radius 2 is 1.94 bits per heavy atom. The number of hydrogen-bond donors (Lipinski definition) is 1. The van der Waals surface area contributed by atoms with Gasteiger partial charge in [0.15, 0.2) is 0 Å². The number of rotatable bonds is 4. The summed E-state index contributed by atoms with van der Waals surface area (Å²) in [7, 11) is 0. The Morgan fingerprint density at radius 1 is 1.41 bits per heavy atom. The van der Waals surface area contributed by atoms with E-state index in [1.54, 1.807) is 0 Å². The molecule has 0 radical (unpaired) electrons. The molecule has 1 fully saturated rings. The molecule has 0 aliphatic carbocycles. The van der Waals surface area contributed by atoms with Crippen LogP contribution in [0.1, 0.15) is 47.5 Å². The summed E-state index contributed by atoms with van der Waals surface area (Å²) in [6, 6.07) is 0.247. The van der Waals surface area contributed by atoms with Crippen molar-refractivity contribution < 1.29 is 14.3 Å². The zero-order chi connectivity index (χ0) is 13.1. The third kappa shape index (κ3) is 3.68. The van der Waals surface area contributed by atoms with Gasteiger partial charge in [-0.2, -0.15) is 0 Å². The quantitative estimate of drug-likeness (QED) is 0.766. The van der Waals surface area contributed by atoms with Crippen LogP contribution in [0.15, 0.2) is 0 Å². The van der Waals surface area contributed by atoms with E-state index in [2.05, 4.69) is 5.32 Å². The predicted octanol–water partition coefficient (Wildman–Crippen LogP) is 1.87. The molecule has 0 aromatic rings. The normalized spacial score (nSPS) is 33.8. The third-order valence-corrected chi connectivity index (χ3v) is 2.97. The number of carbonyl (C=O) groups is 1. The molecule has 1 aliphatic rings. The van der Waals surface area contributed by atoms with Crippen LogP contribution in [0.2, 0.25) is 0 Å². The molecule has 100 valence electrons. The molecule has 2 unspecified atom stereocenters. The Bertz CT molecular complexity index is 250. The maximum Gasteiger partial charge on any atom is 0.326 e. The topological polar surface area (TPSA) is 47.6 Å². The highest BCUT2D eigenvalue weighted by Crippen LogP contribution is 2.30. The molecule has 0 bridgehead atoms. The number of ether oxygens (including phenoxy) is 2. The summed E-state index contributed by atoms with van der Waals surface area (Å²) in [4.78, 5) is 12.2. The summed E-state index contributed by atoms with van der Waals surface area (Å²) < 4.78 is 10.9. The molecular formula is C13H25NO3. The van der Waals surface area contributed by atoms with E-state index >= 15 is 0 Å². The summed E-state index contributed by atoms with van der Waals surface area (Å²) in [5, 5.41) is 3.39. The van der Waals surface area contributed by atoms with Gasteiger partial charge in [0.25, 0.3) is 0 Å². The van der Waals surface area contributed by atoms with Crippen LogP contribution in [0.3, 0.4) is 0 Å². The van der Waals surface area contributed by atoms with Crippen LogP contribution in [0, 0.1) is 0 Å². The average Bonchev–Trinajstić information content (AvgIpc) is 2.14. The standard InChI is InChI=1S/C13H25NO3/c1-6-16-12(15)13(14-9(2)3)7-10(4)17-11(5)8-13/h9-11,14H,6-8H2,1-5H3. The van der Waals surface area contributed by atoms with Crippen molar-refractivity contribution in [2.45, 2.75) is 71.2 Å². The molecule has 0 saturated carbocycles. The predicted molar refractivity (Wildman–Crippen MR) is 66.9 cm³/mol. The van der Waals surface area contributed by atoms with Gasteiger partial charge in [0.1, 0.15) is 5.54 Å². The molecular weight excluding hydrogens is 218 g/mol. The molecule has 2 atom stereocenters. The van der Waals surface area contributed by atoms with Crippen LogP contribution in [-0.2, 0) is 14.3 Å². The summed E-state index contributed by atoms with van der Waals surface area (Å²) in [6.45, 7) is 10.4. The second-order valence-electron chi connectivity index (χ2n) is 5.27. The van der Waals surface area contributed by atoms with E-state index in [0.717, 1.165) is 0 Å². The summed E-state index contributed by atoms with van der Waals surface area (Å²) >= 11 is 0. The van der Waals surface area contributed by atoms with Crippen molar-refractivity contribution in [3.63, 3.8) is 0 Å². The van der Waals surface area contributed by atoms with Crippen molar-refractivity contribution in [3.05, 3.63) is 0 Å². The Hall–Kier alpha value is -0.610. The fourth-order valence-electron chi connectivity index (χ4n) is 2.72. The third-order valence-electron chi connectivity index (χ3n) is 2.97. The van der Waals surface area contributed by atoms with Crippen LogP contribution in [0.4, 0.5) is 0 Å². The van der Waals surface area contributed by atoms with E-state index in [0.29, 0.717) is 19.4 Å². The van der Waals surface area contributed by atoms with Gasteiger partial charge < -0.3 is 9.47 Å². The van der Waals surface area contributed by atoms with Gasteiger partial charge in [0, 0.05) is 18.9 Å². The van der Waals surface area contributed by atoms with Gasteiger partial charge in [-0.25, -0.2) is 0 Å². The Kier molecular flexibility index (Phi) is 4.95. The summed E-state index contributed by atoms with van der Waals surface area (Å²) in [5.74, 6) is -0.143. The highest BCUT2D eigenvalue weighted by atomic mass is 16.5. The van der Waals surface area contributed by atoms with E-state index in [-0.39, 0.29) is 24.2 Å². The van der Waals surface area contributed by atoms with Crippen LogP contribution in [-0.4, -0.2) is 36.4 Å². The molecule has 0 aromatic heterocycles. The summed E-state index contributed by atoms with van der Waals surface area (Å²) in [6.07, 6.45) is 1.51. The molecule has 4 nitrogen and oxygen atoms in total. The second-order valence-corrected chi connectivity index (χ2v) is 5.27. The number of esters is 1. The number of hydrogen-bond acceptors (Lipinski definition) is 4. The van der Waals surface area contributed by atoms with Crippen LogP contribution < -0.4 is 5.32 Å². The fraction of sp³-hybridized carbons (Fsp3) is 0.923. The molecule has 0 amide bonds. The molecule has 1 rings (SSSR count). The van der Waals surface area contributed by atoms with E-state index in [4.69, 9.17) is 9.47 Å². The first-order valence-corrected chi connectivity index (χ1v) is 6.50. The Balaban J connectivity index is 2.87. The smallest absolute Gasteiger partial charge is 0.326 e. The van der Waals surface area contributed by atoms with Crippen molar-refractivity contribution in [2.75, 3.05) is 6.61 Å². The molecule has 17 heavy (non-hydrogen) atoms. The molecule has 0 spiro atoms.